The standard InChI is InChI=1S/C14H12ClN5/c15-13-7-11(5-6-19-13)9-1-3-10(4-2-9)14(17)12(8-16)20-18/h1-7,20H,17-18H2/b14-12-. The van der Waals surface area contributed by atoms with Gasteiger partial charge in [0.25, 0.3) is 0 Å². The Balaban J connectivity index is 2.37. The van der Waals surface area contributed by atoms with E-state index in [9.17, 15) is 0 Å². The number of hydrazine groups is 1. The summed E-state index contributed by atoms with van der Waals surface area (Å²) < 4.78 is 0. The van der Waals surface area contributed by atoms with Crippen LogP contribution in [0.2, 0.25) is 5.15 Å². The Kier molecular flexibility index (Phi) is 4.20. The quantitative estimate of drug-likeness (QED) is 0.347. The van der Waals surface area contributed by atoms with E-state index in [0.29, 0.717) is 16.4 Å². The van der Waals surface area contributed by atoms with Gasteiger partial charge in [-0.2, -0.15) is 5.26 Å². The van der Waals surface area contributed by atoms with Crippen molar-refractivity contribution < 1.29 is 0 Å². The topological polar surface area (TPSA) is 101 Å². The van der Waals surface area contributed by atoms with Gasteiger partial charge in [-0.25, -0.2) is 10.8 Å². The van der Waals surface area contributed by atoms with Gasteiger partial charge in [0.15, 0.2) is 5.70 Å². The van der Waals surface area contributed by atoms with E-state index in [2.05, 4.69) is 10.4 Å². The van der Waals surface area contributed by atoms with E-state index in [1.54, 1.807) is 12.3 Å². The molecule has 2 rings (SSSR count). The molecule has 0 atom stereocenters. The molecule has 5 nitrogen and oxygen atoms in total. The maximum Gasteiger partial charge on any atom is 0.151 e. The van der Waals surface area contributed by atoms with Crippen molar-refractivity contribution >= 4 is 17.3 Å². The van der Waals surface area contributed by atoms with Gasteiger partial charge in [0.05, 0.1) is 5.70 Å². The van der Waals surface area contributed by atoms with Crippen LogP contribution in [-0.4, -0.2) is 4.98 Å². The number of hydrogen-bond donors (Lipinski definition) is 3. The predicted molar refractivity (Wildman–Crippen MR) is 78.7 cm³/mol. The minimum absolute atomic E-state index is 0.129. The minimum atomic E-state index is 0.129. The molecule has 0 unspecified atom stereocenters. The fourth-order valence-corrected chi connectivity index (χ4v) is 1.91. The van der Waals surface area contributed by atoms with Crippen molar-refractivity contribution in [2.45, 2.75) is 0 Å². The second kappa shape index (κ2) is 6.06. The fraction of sp³-hybridized carbons (Fsp3) is 0. The third kappa shape index (κ3) is 2.88. The fourth-order valence-electron chi connectivity index (χ4n) is 1.74. The number of halogens is 1. The summed E-state index contributed by atoms with van der Waals surface area (Å²) in [6, 6.07) is 12.9. The molecular weight excluding hydrogens is 274 g/mol. The van der Waals surface area contributed by atoms with E-state index in [-0.39, 0.29) is 5.70 Å². The summed E-state index contributed by atoms with van der Waals surface area (Å²) in [5.74, 6) is 5.23. The molecule has 2 aromatic rings. The Morgan fingerprint density at radius 3 is 2.45 bits per heavy atom. The van der Waals surface area contributed by atoms with Crippen LogP contribution in [0.3, 0.4) is 0 Å². The first kappa shape index (κ1) is 13.9. The highest BCUT2D eigenvalue weighted by atomic mass is 35.5. The van der Waals surface area contributed by atoms with Gasteiger partial charge >= 0.3 is 0 Å². The maximum atomic E-state index is 8.87. The van der Waals surface area contributed by atoms with Crippen molar-refractivity contribution in [1.82, 2.24) is 10.4 Å². The monoisotopic (exact) mass is 285 g/mol. The molecule has 0 radical (unpaired) electrons. The number of nitriles is 1. The van der Waals surface area contributed by atoms with E-state index in [4.69, 9.17) is 28.4 Å². The Morgan fingerprint density at radius 1 is 1.20 bits per heavy atom. The number of pyridine rings is 1. The second-order valence-electron chi connectivity index (χ2n) is 3.99. The van der Waals surface area contributed by atoms with Crippen LogP contribution in [0.5, 0.6) is 0 Å². The largest absolute Gasteiger partial charge is 0.396 e. The summed E-state index contributed by atoms with van der Waals surface area (Å²) in [6.45, 7) is 0. The van der Waals surface area contributed by atoms with Crippen molar-refractivity contribution in [3.05, 3.63) is 59.0 Å². The molecule has 0 saturated heterocycles. The van der Waals surface area contributed by atoms with Gasteiger partial charge in [0.2, 0.25) is 0 Å². The molecular formula is C14H12ClN5. The minimum Gasteiger partial charge on any atom is -0.396 e. The lowest BCUT2D eigenvalue weighted by Gasteiger charge is -2.07. The van der Waals surface area contributed by atoms with Gasteiger partial charge in [0, 0.05) is 11.8 Å². The van der Waals surface area contributed by atoms with Gasteiger partial charge in [-0.3, -0.25) is 0 Å². The van der Waals surface area contributed by atoms with Gasteiger partial charge in [-0.1, -0.05) is 35.9 Å². The number of rotatable bonds is 3. The van der Waals surface area contributed by atoms with Crippen molar-refractivity contribution in [3.63, 3.8) is 0 Å². The van der Waals surface area contributed by atoms with Crippen LogP contribution in [0.15, 0.2) is 48.3 Å². The van der Waals surface area contributed by atoms with Crippen molar-refractivity contribution in [2.75, 3.05) is 0 Å². The zero-order valence-electron chi connectivity index (χ0n) is 10.5. The number of hydrogen-bond acceptors (Lipinski definition) is 5. The third-order valence-electron chi connectivity index (χ3n) is 2.78. The van der Waals surface area contributed by atoms with Gasteiger partial charge in [-0.15, -0.1) is 0 Å². The van der Waals surface area contributed by atoms with E-state index < -0.39 is 0 Å². The first-order valence-corrected chi connectivity index (χ1v) is 6.12. The molecule has 0 amide bonds. The maximum absolute atomic E-state index is 8.87. The van der Waals surface area contributed by atoms with E-state index in [1.807, 2.05) is 36.4 Å². The summed E-state index contributed by atoms with van der Waals surface area (Å²) in [5.41, 5.74) is 11.2. The molecule has 0 bridgehead atoms. The number of nitrogens with one attached hydrogen (secondary N) is 1. The lowest BCUT2D eigenvalue weighted by Crippen LogP contribution is -2.23. The summed E-state index contributed by atoms with van der Waals surface area (Å²) in [5, 5.41) is 9.30. The van der Waals surface area contributed by atoms with Crippen LogP contribution in [-0.2, 0) is 0 Å². The van der Waals surface area contributed by atoms with E-state index in [1.165, 1.54) is 0 Å². The molecule has 0 aliphatic rings. The van der Waals surface area contributed by atoms with Gasteiger partial charge in [-0.05, 0) is 23.3 Å². The lowest BCUT2D eigenvalue weighted by atomic mass is 10.0. The van der Waals surface area contributed by atoms with Crippen LogP contribution >= 0.6 is 11.6 Å². The molecule has 100 valence electrons. The molecule has 6 heteroatoms. The molecule has 1 aromatic carbocycles. The molecule has 0 aliphatic carbocycles. The van der Waals surface area contributed by atoms with Crippen molar-refractivity contribution in [2.24, 2.45) is 11.6 Å². The highest BCUT2D eigenvalue weighted by Crippen LogP contribution is 2.23. The van der Waals surface area contributed by atoms with E-state index >= 15 is 0 Å². The Bertz CT molecular complexity index is 685. The lowest BCUT2D eigenvalue weighted by molar-refractivity contribution is 0.920. The zero-order chi connectivity index (χ0) is 14.5. The molecule has 0 spiro atoms. The predicted octanol–water partition coefficient (Wildman–Crippen LogP) is 2.02. The Morgan fingerprint density at radius 2 is 1.90 bits per heavy atom. The first-order chi connectivity index (χ1) is 9.65. The highest BCUT2D eigenvalue weighted by Gasteiger charge is 2.05. The number of aromatic nitrogens is 1. The Hall–Kier alpha value is -2.55. The average Bonchev–Trinajstić information content (AvgIpc) is 2.48. The van der Waals surface area contributed by atoms with E-state index in [0.717, 1.165) is 11.1 Å². The van der Waals surface area contributed by atoms with Crippen LogP contribution in [0.4, 0.5) is 0 Å². The van der Waals surface area contributed by atoms with Gasteiger partial charge in [0.1, 0.15) is 11.2 Å². The first-order valence-electron chi connectivity index (χ1n) is 5.74. The number of benzene rings is 1. The van der Waals surface area contributed by atoms with Crippen LogP contribution < -0.4 is 17.0 Å². The van der Waals surface area contributed by atoms with Crippen LogP contribution in [0.1, 0.15) is 5.56 Å². The second-order valence-corrected chi connectivity index (χ2v) is 4.38. The zero-order valence-corrected chi connectivity index (χ0v) is 11.2. The SMILES string of the molecule is N#C/C(NN)=C(/N)c1ccc(-c2ccnc(Cl)c2)cc1. The molecule has 20 heavy (non-hydrogen) atoms. The smallest absolute Gasteiger partial charge is 0.151 e. The third-order valence-corrected chi connectivity index (χ3v) is 2.99. The average molecular weight is 286 g/mol. The van der Waals surface area contributed by atoms with Crippen LogP contribution in [0, 0.1) is 11.3 Å². The van der Waals surface area contributed by atoms with Crippen LogP contribution in [0.25, 0.3) is 16.8 Å². The molecule has 5 N–H and O–H groups in total. The molecule has 0 saturated carbocycles. The summed E-state index contributed by atoms with van der Waals surface area (Å²) >= 11 is 5.86. The van der Waals surface area contributed by atoms with Gasteiger partial charge < -0.3 is 11.2 Å². The summed E-state index contributed by atoms with van der Waals surface area (Å²) in [6.07, 6.45) is 1.64. The molecule has 0 fully saturated rings. The number of nitrogens with zero attached hydrogens (tertiary/aromatic N) is 2. The molecule has 1 heterocycles. The highest BCUT2D eigenvalue weighted by molar-refractivity contribution is 6.29. The number of allylic oxidation sites excluding steroid dienone is 1. The number of nitrogens with two attached hydrogens (primary N) is 2. The van der Waals surface area contributed by atoms with Crippen molar-refractivity contribution in [3.8, 4) is 17.2 Å². The van der Waals surface area contributed by atoms with Crippen molar-refractivity contribution in [1.29, 1.82) is 5.26 Å². The molecule has 0 aliphatic heterocycles. The Labute approximate surface area is 121 Å². The molecule has 1 aromatic heterocycles. The summed E-state index contributed by atoms with van der Waals surface area (Å²) in [7, 11) is 0. The summed E-state index contributed by atoms with van der Waals surface area (Å²) in [4.78, 5) is 3.94. The normalized spacial score (nSPS) is 11.4.